The van der Waals surface area contributed by atoms with Crippen LogP contribution < -0.4 is 5.01 Å². The number of hydrogen-bond donors (Lipinski definition) is 0. The third kappa shape index (κ3) is 4.19. The van der Waals surface area contributed by atoms with Gasteiger partial charge in [-0.25, -0.2) is 9.80 Å². The van der Waals surface area contributed by atoms with E-state index in [4.69, 9.17) is 4.74 Å². The number of rotatable bonds is 4. The summed E-state index contributed by atoms with van der Waals surface area (Å²) in [4.78, 5) is 12.2. The predicted octanol–water partition coefficient (Wildman–Crippen LogP) is 4.40. The molecule has 0 heterocycles. The summed E-state index contributed by atoms with van der Waals surface area (Å²) >= 11 is 0. The van der Waals surface area contributed by atoms with Crippen LogP contribution in [0.2, 0.25) is 0 Å². The van der Waals surface area contributed by atoms with Crippen molar-refractivity contribution in [3.8, 4) is 0 Å². The van der Waals surface area contributed by atoms with E-state index in [1.807, 2.05) is 81.4 Å². The number of esters is 1. The maximum atomic E-state index is 12.2. The van der Waals surface area contributed by atoms with Crippen molar-refractivity contribution in [1.82, 2.24) is 0 Å². The normalized spacial score (nSPS) is 11.9. The van der Waals surface area contributed by atoms with Gasteiger partial charge < -0.3 is 4.74 Å². The van der Waals surface area contributed by atoms with Crippen molar-refractivity contribution < 1.29 is 9.53 Å². The third-order valence-electron chi connectivity index (χ3n) is 3.29. The zero-order valence-corrected chi connectivity index (χ0v) is 14.0. The van der Waals surface area contributed by atoms with Gasteiger partial charge in [0.1, 0.15) is 0 Å². The first-order valence-corrected chi connectivity index (χ1v) is 7.51. The van der Waals surface area contributed by atoms with Gasteiger partial charge in [-0.1, -0.05) is 57.2 Å². The van der Waals surface area contributed by atoms with E-state index < -0.39 is 11.4 Å². The van der Waals surface area contributed by atoms with Crippen LogP contribution in [0.25, 0.3) is 0 Å². The molecule has 120 valence electrons. The molecule has 0 radical (unpaired) electrons. The molecule has 0 fully saturated rings. The van der Waals surface area contributed by atoms with E-state index in [-0.39, 0.29) is 0 Å². The molecular formula is C19H22N2O2. The average molecular weight is 310 g/mol. The first kappa shape index (κ1) is 16.7. The van der Waals surface area contributed by atoms with Gasteiger partial charge in [-0.3, -0.25) is 0 Å². The van der Waals surface area contributed by atoms with Gasteiger partial charge in [-0.2, -0.15) is 5.10 Å². The Morgan fingerprint density at radius 1 is 0.913 bits per heavy atom. The summed E-state index contributed by atoms with van der Waals surface area (Å²) in [6.07, 6.45) is 0. The predicted molar refractivity (Wildman–Crippen MR) is 93.9 cm³/mol. The molecule has 23 heavy (non-hydrogen) atoms. The maximum absolute atomic E-state index is 12.2. The van der Waals surface area contributed by atoms with Crippen LogP contribution in [0.5, 0.6) is 0 Å². The fourth-order valence-electron chi connectivity index (χ4n) is 2.10. The van der Waals surface area contributed by atoms with Crippen LogP contribution in [-0.2, 0) is 9.53 Å². The summed E-state index contributed by atoms with van der Waals surface area (Å²) < 4.78 is 4.92. The highest BCUT2D eigenvalue weighted by Crippen LogP contribution is 2.27. The quantitative estimate of drug-likeness (QED) is 0.477. The lowest BCUT2D eigenvalue weighted by molar-refractivity contribution is -0.133. The lowest BCUT2D eigenvalue weighted by Crippen LogP contribution is -2.32. The Balaban J connectivity index is 2.57. The number of carbonyl (C=O) groups excluding carboxylic acids is 1. The molecule has 0 unspecified atom stereocenters. The van der Waals surface area contributed by atoms with Gasteiger partial charge in [0, 0.05) is 5.41 Å². The second kappa shape index (κ2) is 7.09. The number of ether oxygens (including phenoxy) is 1. The number of hydrazone groups is 1. The van der Waals surface area contributed by atoms with Crippen LogP contribution in [0.1, 0.15) is 20.8 Å². The average Bonchev–Trinajstić information content (AvgIpc) is 2.55. The lowest BCUT2D eigenvalue weighted by atomic mass is 9.90. The molecule has 2 rings (SSSR count). The standard InChI is InChI=1S/C19H22N2O2/c1-19(2,3)17(18(22)23-4)20-21(15-11-7-5-8-12-15)16-13-9-6-10-14-16/h5-14H,1-4H3/b20-17-. The largest absolute Gasteiger partial charge is 0.464 e. The van der Waals surface area contributed by atoms with Crippen molar-refractivity contribution in [2.24, 2.45) is 10.5 Å². The van der Waals surface area contributed by atoms with Gasteiger partial charge in [-0.05, 0) is 24.3 Å². The van der Waals surface area contributed by atoms with Gasteiger partial charge in [0.2, 0.25) is 0 Å². The van der Waals surface area contributed by atoms with Crippen LogP contribution in [-0.4, -0.2) is 18.8 Å². The van der Waals surface area contributed by atoms with Crippen LogP contribution in [0.3, 0.4) is 0 Å². The van der Waals surface area contributed by atoms with Gasteiger partial charge >= 0.3 is 5.97 Å². The molecule has 0 aromatic heterocycles. The molecule has 0 spiro atoms. The first-order chi connectivity index (χ1) is 10.9. The third-order valence-corrected chi connectivity index (χ3v) is 3.29. The highest BCUT2D eigenvalue weighted by atomic mass is 16.5. The number of para-hydroxylation sites is 2. The highest BCUT2D eigenvalue weighted by molar-refractivity contribution is 6.38. The molecule has 0 aliphatic rings. The molecule has 2 aromatic carbocycles. The minimum atomic E-state index is -0.436. The van der Waals surface area contributed by atoms with Gasteiger partial charge in [-0.15, -0.1) is 0 Å². The van der Waals surface area contributed by atoms with Gasteiger partial charge in [0.05, 0.1) is 18.5 Å². The molecule has 0 saturated carbocycles. The molecule has 0 atom stereocenters. The van der Waals surface area contributed by atoms with Crippen LogP contribution >= 0.6 is 0 Å². The number of hydrogen-bond acceptors (Lipinski definition) is 4. The summed E-state index contributed by atoms with van der Waals surface area (Å²) in [5, 5.41) is 6.40. The first-order valence-electron chi connectivity index (χ1n) is 7.51. The summed E-state index contributed by atoms with van der Waals surface area (Å²) in [6.45, 7) is 5.82. The summed E-state index contributed by atoms with van der Waals surface area (Å²) in [6, 6.07) is 19.5. The SMILES string of the molecule is COC(=O)/C(=N/N(c1ccccc1)c1ccccc1)C(C)(C)C. The molecule has 0 N–H and O–H groups in total. The Labute approximate surface area is 137 Å². The minimum absolute atomic E-state index is 0.368. The summed E-state index contributed by atoms with van der Waals surface area (Å²) in [5.41, 5.74) is 1.69. The smallest absolute Gasteiger partial charge is 0.354 e. The van der Waals surface area contributed by atoms with Crippen LogP contribution in [0, 0.1) is 5.41 Å². The minimum Gasteiger partial charge on any atom is -0.464 e. The van der Waals surface area contributed by atoms with Gasteiger partial charge in [0.25, 0.3) is 0 Å². The van der Waals surface area contributed by atoms with E-state index in [1.165, 1.54) is 7.11 Å². The molecule has 0 amide bonds. The number of carbonyl (C=O) groups is 1. The Hall–Kier alpha value is -2.62. The molecule has 2 aromatic rings. The van der Waals surface area contributed by atoms with Crippen LogP contribution in [0.15, 0.2) is 65.8 Å². The molecule has 0 aliphatic heterocycles. The highest BCUT2D eigenvalue weighted by Gasteiger charge is 2.28. The Morgan fingerprint density at radius 3 is 1.70 bits per heavy atom. The van der Waals surface area contributed by atoms with E-state index in [0.717, 1.165) is 11.4 Å². The Kier molecular flexibility index (Phi) is 5.16. The zero-order valence-electron chi connectivity index (χ0n) is 14.0. The number of nitrogens with zero attached hydrogens (tertiary/aromatic N) is 2. The molecule has 0 aliphatic carbocycles. The van der Waals surface area contributed by atoms with E-state index in [1.54, 1.807) is 5.01 Å². The maximum Gasteiger partial charge on any atom is 0.354 e. The van der Waals surface area contributed by atoms with Crippen molar-refractivity contribution in [1.29, 1.82) is 0 Å². The van der Waals surface area contributed by atoms with E-state index >= 15 is 0 Å². The zero-order chi connectivity index (χ0) is 16.9. The fraction of sp³-hybridized carbons (Fsp3) is 0.263. The number of anilines is 2. The Morgan fingerprint density at radius 2 is 1.35 bits per heavy atom. The van der Waals surface area contributed by atoms with Crippen LogP contribution in [0.4, 0.5) is 11.4 Å². The number of methoxy groups -OCH3 is 1. The van der Waals surface area contributed by atoms with Crippen molar-refractivity contribution in [2.75, 3.05) is 12.1 Å². The number of benzene rings is 2. The van der Waals surface area contributed by atoms with Crippen molar-refractivity contribution in [2.45, 2.75) is 20.8 Å². The van der Waals surface area contributed by atoms with Crippen molar-refractivity contribution >= 4 is 23.1 Å². The molecular weight excluding hydrogens is 288 g/mol. The summed E-state index contributed by atoms with van der Waals surface area (Å²) in [5.74, 6) is -0.422. The monoisotopic (exact) mass is 310 g/mol. The molecule has 4 heteroatoms. The summed E-state index contributed by atoms with van der Waals surface area (Å²) in [7, 11) is 1.37. The van der Waals surface area contributed by atoms with Gasteiger partial charge in [0.15, 0.2) is 5.71 Å². The topological polar surface area (TPSA) is 41.9 Å². The van der Waals surface area contributed by atoms with E-state index in [9.17, 15) is 4.79 Å². The Bertz CT molecular complexity index is 634. The van der Waals surface area contributed by atoms with E-state index in [2.05, 4.69) is 5.10 Å². The van der Waals surface area contributed by atoms with Crippen molar-refractivity contribution in [3.63, 3.8) is 0 Å². The molecule has 4 nitrogen and oxygen atoms in total. The molecule has 0 bridgehead atoms. The lowest BCUT2D eigenvalue weighted by Gasteiger charge is -2.25. The van der Waals surface area contributed by atoms with Crippen molar-refractivity contribution in [3.05, 3.63) is 60.7 Å². The second-order valence-corrected chi connectivity index (χ2v) is 6.17. The molecule has 0 saturated heterocycles. The second-order valence-electron chi connectivity index (χ2n) is 6.17. The fourth-order valence-corrected chi connectivity index (χ4v) is 2.10. The van der Waals surface area contributed by atoms with E-state index in [0.29, 0.717) is 5.71 Å².